The number of halogens is 3. The maximum atomic E-state index is 13.2. The number of hydrogen-bond donors (Lipinski definition) is 1. The Hall–Kier alpha value is -3.88. The van der Waals surface area contributed by atoms with Crippen molar-refractivity contribution < 1.29 is 18.0 Å². The van der Waals surface area contributed by atoms with Crippen molar-refractivity contribution in [3.8, 4) is 0 Å². The summed E-state index contributed by atoms with van der Waals surface area (Å²) in [6, 6.07) is 15.4. The molecule has 0 spiro atoms. The molecule has 1 saturated heterocycles. The fourth-order valence-electron chi connectivity index (χ4n) is 3.80. The van der Waals surface area contributed by atoms with E-state index in [2.05, 4.69) is 20.2 Å². The van der Waals surface area contributed by atoms with Gasteiger partial charge in [-0.05, 0) is 36.2 Å². The smallest absolute Gasteiger partial charge is 0.356 e. The lowest BCUT2D eigenvalue weighted by atomic mass is 10.2. The Kier molecular flexibility index (Phi) is 5.24. The number of benzene rings is 1. The molecule has 168 valence electrons. The summed E-state index contributed by atoms with van der Waals surface area (Å²) in [5.41, 5.74) is 1.07. The van der Waals surface area contributed by atoms with Gasteiger partial charge in [-0.3, -0.25) is 4.79 Å². The number of aromatic nitrogens is 3. The van der Waals surface area contributed by atoms with E-state index in [0.29, 0.717) is 11.3 Å². The lowest BCUT2D eigenvalue weighted by Crippen LogP contribution is -2.37. The lowest BCUT2D eigenvalue weighted by molar-refractivity contribution is -0.137. The maximum Gasteiger partial charge on any atom is 0.417 e. The van der Waals surface area contributed by atoms with Crippen LogP contribution in [0.3, 0.4) is 0 Å². The largest absolute Gasteiger partial charge is 0.417 e. The number of nitrogens with one attached hydrogen (secondary N) is 1. The Morgan fingerprint density at radius 3 is 2.42 bits per heavy atom. The number of hydrogen-bond acceptors (Lipinski definition) is 4. The van der Waals surface area contributed by atoms with Crippen LogP contribution in [0, 0.1) is 0 Å². The van der Waals surface area contributed by atoms with Gasteiger partial charge in [0.05, 0.1) is 17.4 Å². The second-order valence-electron chi connectivity index (χ2n) is 7.94. The van der Waals surface area contributed by atoms with Crippen molar-refractivity contribution in [2.45, 2.75) is 19.1 Å². The molecule has 0 unspecified atom stereocenters. The predicted molar refractivity (Wildman–Crippen MR) is 119 cm³/mol. The molecular weight excluding hydrogens is 431 g/mol. The van der Waals surface area contributed by atoms with E-state index >= 15 is 0 Å². The summed E-state index contributed by atoms with van der Waals surface area (Å²) in [5.74, 6) is 0.400. The van der Waals surface area contributed by atoms with E-state index in [9.17, 15) is 18.0 Å². The number of anilines is 2. The first-order chi connectivity index (χ1) is 15.9. The third kappa shape index (κ3) is 4.26. The van der Waals surface area contributed by atoms with E-state index in [4.69, 9.17) is 0 Å². The van der Waals surface area contributed by atoms with Gasteiger partial charge < -0.3 is 14.8 Å². The molecule has 0 radical (unpaired) electrons. The van der Waals surface area contributed by atoms with Crippen LogP contribution in [0.1, 0.15) is 28.0 Å². The van der Waals surface area contributed by atoms with Gasteiger partial charge in [0.1, 0.15) is 17.2 Å². The Morgan fingerprint density at radius 1 is 1.00 bits per heavy atom. The van der Waals surface area contributed by atoms with Crippen molar-refractivity contribution in [1.29, 1.82) is 0 Å². The standard InChI is InChI=1S/C24H20F3N5O/c25-24(26,27)18-11-17-12-20(32(22(17)29-13-18)15-16-5-2-1-3-6-16)23(33)30-19-7-8-21(28-14-19)31-9-4-10-31/h1-3,5-8,11-14H,4,9-10,15H2,(H,30,33). The summed E-state index contributed by atoms with van der Waals surface area (Å²) in [4.78, 5) is 23.7. The molecule has 3 aromatic heterocycles. The highest BCUT2D eigenvalue weighted by Crippen LogP contribution is 2.32. The van der Waals surface area contributed by atoms with Crippen molar-refractivity contribution in [3.63, 3.8) is 0 Å². The van der Waals surface area contributed by atoms with Crippen LogP contribution in [0.4, 0.5) is 24.7 Å². The Balaban J connectivity index is 1.49. The average Bonchev–Trinajstić information content (AvgIpc) is 3.12. The highest BCUT2D eigenvalue weighted by atomic mass is 19.4. The van der Waals surface area contributed by atoms with Gasteiger partial charge in [-0.2, -0.15) is 13.2 Å². The van der Waals surface area contributed by atoms with Crippen LogP contribution in [-0.4, -0.2) is 33.5 Å². The first-order valence-corrected chi connectivity index (χ1v) is 10.5. The summed E-state index contributed by atoms with van der Waals surface area (Å²) < 4.78 is 41.2. The highest BCUT2D eigenvalue weighted by molar-refractivity contribution is 6.06. The zero-order valence-electron chi connectivity index (χ0n) is 17.5. The Morgan fingerprint density at radius 2 is 1.79 bits per heavy atom. The molecule has 9 heteroatoms. The van der Waals surface area contributed by atoms with Gasteiger partial charge in [-0.15, -0.1) is 0 Å². The summed E-state index contributed by atoms with van der Waals surface area (Å²) in [5, 5.41) is 3.05. The lowest BCUT2D eigenvalue weighted by Gasteiger charge is -2.31. The second kappa shape index (κ2) is 8.23. The number of amides is 1. The molecule has 1 aliphatic heterocycles. The Bertz CT molecular complexity index is 1300. The van der Waals surface area contributed by atoms with Crippen LogP contribution in [-0.2, 0) is 12.7 Å². The number of nitrogens with zero attached hydrogens (tertiary/aromatic N) is 4. The third-order valence-corrected chi connectivity index (χ3v) is 5.66. The van der Waals surface area contributed by atoms with Crippen molar-refractivity contribution >= 4 is 28.4 Å². The monoisotopic (exact) mass is 451 g/mol. The zero-order valence-corrected chi connectivity index (χ0v) is 17.5. The molecule has 1 aromatic carbocycles. The quantitative estimate of drug-likeness (QED) is 0.466. The predicted octanol–water partition coefficient (Wildman–Crippen LogP) is 4.96. The van der Waals surface area contributed by atoms with Gasteiger partial charge in [0.25, 0.3) is 5.91 Å². The third-order valence-electron chi connectivity index (χ3n) is 5.66. The number of fused-ring (bicyclic) bond motifs is 1. The van der Waals surface area contributed by atoms with E-state index in [0.717, 1.165) is 43.2 Å². The van der Waals surface area contributed by atoms with Gasteiger partial charge in [0, 0.05) is 31.2 Å². The summed E-state index contributed by atoms with van der Waals surface area (Å²) in [6.07, 6.45) is -1.01. The van der Waals surface area contributed by atoms with Crippen molar-refractivity contribution in [3.05, 3.63) is 83.8 Å². The maximum absolute atomic E-state index is 13.2. The fourth-order valence-corrected chi connectivity index (χ4v) is 3.80. The normalized spacial score (nSPS) is 13.7. The molecule has 0 aliphatic carbocycles. The van der Waals surface area contributed by atoms with E-state index in [1.165, 1.54) is 6.07 Å². The van der Waals surface area contributed by atoms with Crippen LogP contribution in [0.15, 0.2) is 67.0 Å². The topological polar surface area (TPSA) is 63.1 Å². The van der Waals surface area contributed by atoms with Crippen molar-refractivity contribution in [1.82, 2.24) is 14.5 Å². The first kappa shape index (κ1) is 21.0. The minimum atomic E-state index is -4.52. The molecule has 1 amide bonds. The minimum Gasteiger partial charge on any atom is -0.356 e. The Labute approximate surface area is 187 Å². The molecule has 4 heterocycles. The van der Waals surface area contributed by atoms with E-state index in [1.54, 1.807) is 16.8 Å². The van der Waals surface area contributed by atoms with Crippen LogP contribution in [0.25, 0.3) is 11.0 Å². The zero-order chi connectivity index (χ0) is 23.0. The van der Waals surface area contributed by atoms with E-state index in [-0.39, 0.29) is 17.6 Å². The van der Waals surface area contributed by atoms with Gasteiger partial charge in [0.15, 0.2) is 0 Å². The molecule has 1 N–H and O–H groups in total. The second-order valence-corrected chi connectivity index (χ2v) is 7.94. The molecule has 0 bridgehead atoms. The van der Waals surface area contributed by atoms with Crippen molar-refractivity contribution in [2.24, 2.45) is 0 Å². The van der Waals surface area contributed by atoms with Gasteiger partial charge in [-0.25, -0.2) is 9.97 Å². The minimum absolute atomic E-state index is 0.215. The van der Waals surface area contributed by atoms with Gasteiger partial charge in [0.2, 0.25) is 0 Å². The van der Waals surface area contributed by atoms with Crippen LogP contribution in [0.2, 0.25) is 0 Å². The van der Waals surface area contributed by atoms with Crippen molar-refractivity contribution in [2.75, 3.05) is 23.3 Å². The number of pyridine rings is 2. The summed E-state index contributed by atoms with van der Waals surface area (Å²) >= 11 is 0. The van der Waals surface area contributed by atoms with Crippen LogP contribution in [0.5, 0.6) is 0 Å². The number of carbonyl (C=O) groups excluding carboxylic acids is 1. The molecule has 33 heavy (non-hydrogen) atoms. The molecule has 0 saturated carbocycles. The van der Waals surface area contributed by atoms with E-state index in [1.807, 2.05) is 36.4 Å². The molecule has 4 aromatic rings. The van der Waals surface area contributed by atoms with Gasteiger partial charge >= 0.3 is 6.18 Å². The number of alkyl halides is 3. The molecule has 6 nitrogen and oxygen atoms in total. The van der Waals surface area contributed by atoms with Crippen LogP contribution < -0.4 is 10.2 Å². The van der Waals surface area contributed by atoms with Gasteiger partial charge in [-0.1, -0.05) is 30.3 Å². The molecule has 0 atom stereocenters. The summed E-state index contributed by atoms with van der Waals surface area (Å²) in [7, 11) is 0. The molecule has 1 fully saturated rings. The average molecular weight is 451 g/mol. The molecule has 5 rings (SSSR count). The molecule has 1 aliphatic rings. The number of carbonyl (C=O) groups is 1. The molecular formula is C24H20F3N5O. The number of rotatable bonds is 5. The summed E-state index contributed by atoms with van der Waals surface area (Å²) in [6.45, 7) is 2.22. The fraction of sp³-hybridized carbons (Fsp3) is 0.208. The SMILES string of the molecule is O=C(Nc1ccc(N2CCC2)nc1)c1cc2cc(C(F)(F)F)cnc2n1Cc1ccccc1. The first-order valence-electron chi connectivity index (χ1n) is 10.5. The highest BCUT2D eigenvalue weighted by Gasteiger charge is 2.32. The van der Waals surface area contributed by atoms with Crippen LogP contribution >= 0.6 is 0 Å². The van der Waals surface area contributed by atoms with E-state index < -0.39 is 17.6 Å².